The Morgan fingerprint density at radius 1 is 1.30 bits per heavy atom. The van der Waals surface area contributed by atoms with Crippen LogP contribution in [0.1, 0.15) is 32.3 Å². The molecule has 4 nitrogen and oxygen atoms in total. The number of piperidine rings is 1. The second kappa shape index (κ2) is 7.04. The van der Waals surface area contributed by atoms with Crippen molar-refractivity contribution < 1.29 is 0 Å². The highest BCUT2D eigenvalue weighted by Gasteiger charge is 2.21. The van der Waals surface area contributed by atoms with E-state index in [0.29, 0.717) is 6.04 Å². The summed E-state index contributed by atoms with van der Waals surface area (Å²) >= 11 is 0. The number of hydrogen-bond donors (Lipinski definition) is 1. The molecule has 0 bridgehead atoms. The summed E-state index contributed by atoms with van der Waals surface area (Å²) in [7, 11) is 4.35. The van der Waals surface area contributed by atoms with Gasteiger partial charge in [-0.1, -0.05) is 19.9 Å². The van der Waals surface area contributed by atoms with Crippen LogP contribution >= 0.6 is 0 Å². The zero-order valence-corrected chi connectivity index (χ0v) is 13.3. The minimum absolute atomic E-state index is 0.514. The third-order valence-corrected chi connectivity index (χ3v) is 4.04. The highest BCUT2D eigenvalue weighted by atomic mass is 15.2. The largest absolute Gasteiger partial charge is 0.357 e. The number of anilines is 1. The average Bonchev–Trinajstić information content (AvgIpc) is 2.46. The lowest BCUT2D eigenvalue weighted by molar-refractivity contribution is 0.249. The van der Waals surface area contributed by atoms with E-state index in [1.165, 1.54) is 18.4 Å². The molecule has 1 aromatic heterocycles. The van der Waals surface area contributed by atoms with Crippen molar-refractivity contribution >= 4 is 5.82 Å². The molecule has 1 saturated heterocycles. The van der Waals surface area contributed by atoms with Crippen LogP contribution in [0.4, 0.5) is 5.82 Å². The van der Waals surface area contributed by atoms with Gasteiger partial charge in [-0.3, -0.25) is 0 Å². The Bertz CT molecular complexity index is 391. The fraction of sp³-hybridized carbons (Fsp3) is 0.688. The maximum absolute atomic E-state index is 4.62. The van der Waals surface area contributed by atoms with Gasteiger partial charge in [-0.15, -0.1) is 0 Å². The van der Waals surface area contributed by atoms with Crippen LogP contribution in [0.15, 0.2) is 18.3 Å². The van der Waals surface area contributed by atoms with Gasteiger partial charge >= 0.3 is 0 Å². The highest BCUT2D eigenvalue weighted by Crippen LogP contribution is 2.20. The maximum atomic E-state index is 4.62. The zero-order valence-electron chi connectivity index (χ0n) is 13.3. The topological polar surface area (TPSA) is 31.4 Å². The molecule has 0 spiro atoms. The van der Waals surface area contributed by atoms with Crippen molar-refractivity contribution in [3.8, 4) is 0 Å². The first-order chi connectivity index (χ1) is 9.56. The molecule has 1 aromatic rings. The molecular weight excluding hydrogens is 248 g/mol. The van der Waals surface area contributed by atoms with E-state index in [0.717, 1.165) is 31.5 Å². The number of nitrogens with zero attached hydrogens (tertiary/aromatic N) is 3. The summed E-state index contributed by atoms with van der Waals surface area (Å²) in [5, 5.41) is 3.42. The van der Waals surface area contributed by atoms with Gasteiger partial charge in [-0.25, -0.2) is 4.98 Å². The molecule has 1 aliphatic heterocycles. The molecule has 0 unspecified atom stereocenters. The molecular formula is C16H28N4. The van der Waals surface area contributed by atoms with E-state index in [1.807, 2.05) is 6.20 Å². The van der Waals surface area contributed by atoms with Crippen LogP contribution in [0.25, 0.3) is 0 Å². The maximum Gasteiger partial charge on any atom is 0.128 e. The van der Waals surface area contributed by atoms with Crippen LogP contribution in [0.5, 0.6) is 0 Å². The van der Waals surface area contributed by atoms with Crippen molar-refractivity contribution in [1.82, 2.24) is 15.2 Å². The molecule has 20 heavy (non-hydrogen) atoms. The number of rotatable bonds is 5. The molecule has 1 aliphatic rings. The van der Waals surface area contributed by atoms with E-state index in [4.69, 9.17) is 0 Å². The first-order valence-electron chi connectivity index (χ1n) is 7.66. The molecule has 0 amide bonds. The lowest BCUT2D eigenvalue weighted by Crippen LogP contribution is -2.42. The van der Waals surface area contributed by atoms with Gasteiger partial charge in [0.15, 0.2) is 0 Å². The Balaban J connectivity index is 1.87. The highest BCUT2D eigenvalue weighted by molar-refractivity contribution is 5.39. The van der Waals surface area contributed by atoms with E-state index in [1.54, 1.807) is 0 Å². The lowest BCUT2D eigenvalue weighted by atomic mass is 10.0. The van der Waals surface area contributed by atoms with Crippen molar-refractivity contribution in [2.45, 2.75) is 45.3 Å². The zero-order chi connectivity index (χ0) is 14.5. The predicted molar refractivity (Wildman–Crippen MR) is 85.1 cm³/mol. The van der Waals surface area contributed by atoms with E-state index < -0.39 is 0 Å². The molecule has 0 atom stereocenters. The first kappa shape index (κ1) is 15.3. The number of nitrogens with one attached hydrogen (secondary N) is 1. The fourth-order valence-electron chi connectivity index (χ4n) is 2.64. The standard InChI is InChI=1S/C16H28N4/c1-13(2)17-11-14-5-6-16(18-12-14)20-9-7-15(8-10-20)19(3)4/h5-6,12-13,15,17H,7-11H2,1-4H3. The van der Waals surface area contributed by atoms with E-state index >= 15 is 0 Å². The Morgan fingerprint density at radius 3 is 2.50 bits per heavy atom. The summed E-state index contributed by atoms with van der Waals surface area (Å²) < 4.78 is 0. The summed E-state index contributed by atoms with van der Waals surface area (Å²) in [4.78, 5) is 9.36. The van der Waals surface area contributed by atoms with E-state index in [-0.39, 0.29) is 0 Å². The van der Waals surface area contributed by atoms with Gasteiger partial charge < -0.3 is 15.1 Å². The van der Waals surface area contributed by atoms with Gasteiger partial charge in [0.05, 0.1) is 0 Å². The SMILES string of the molecule is CC(C)NCc1ccc(N2CCC(N(C)C)CC2)nc1. The molecule has 2 rings (SSSR count). The quantitative estimate of drug-likeness (QED) is 0.892. The third-order valence-electron chi connectivity index (χ3n) is 4.04. The average molecular weight is 276 g/mol. The fourth-order valence-corrected chi connectivity index (χ4v) is 2.64. The van der Waals surface area contributed by atoms with Gasteiger partial charge in [0, 0.05) is 37.9 Å². The van der Waals surface area contributed by atoms with Crippen molar-refractivity contribution in [2.24, 2.45) is 0 Å². The van der Waals surface area contributed by atoms with Gasteiger partial charge in [0.25, 0.3) is 0 Å². The molecule has 112 valence electrons. The normalized spacial score (nSPS) is 17.2. The predicted octanol–water partition coefficient (Wildman–Crippen LogP) is 2.11. The molecule has 4 heteroatoms. The van der Waals surface area contributed by atoms with Gasteiger partial charge in [-0.05, 0) is 38.6 Å². The second-order valence-corrected chi connectivity index (χ2v) is 6.24. The van der Waals surface area contributed by atoms with Crippen LogP contribution < -0.4 is 10.2 Å². The molecule has 0 radical (unpaired) electrons. The van der Waals surface area contributed by atoms with Crippen molar-refractivity contribution in [2.75, 3.05) is 32.1 Å². The van der Waals surface area contributed by atoms with Gasteiger partial charge in [-0.2, -0.15) is 0 Å². The molecule has 0 aliphatic carbocycles. The van der Waals surface area contributed by atoms with Crippen molar-refractivity contribution in [1.29, 1.82) is 0 Å². The Labute approximate surface area is 123 Å². The van der Waals surface area contributed by atoms with Gasteiger partial charge in [0.1, 0.15) is 5.82 Å². The number of hydrogen-bond acceptors (Lipinski definition) is 4. The van der Waals surface area contributed by atoms with Crippen LogP contribution in [-0.2, 0) is 6.54 Å². The lowest BCUT2D eigenvalue weighted by Gasteiger charge is -2.35. The van der Waals surface area contributed by atoms with E-state index in [9.17, 15) is 0 Å². The number of aromatic nitrogens is 1. The summed E-state index contributed by atoms with van der Waals surface area (Å²) in [6, 6.07) is 5.59. The van der Waals surface area contributed by atoms with Crippen LogP contribution in [0.3, 0.4) is 0 Å². The van der Waals surface area contributed by atoms with Crippen molar-refractivity contribution in [3.05, 3.63) is 23.9 Å². The minimum atomic E-state index is 0.514. The van der Waals surface area contributed by atoms with Crippen LogP contribution in [0.2, 0.25) is 0 Å². The van der Waals surface area contributed by atoms with Crippen LogP contribution in [0, 0.1) is 0 Å². The molecule has 1 fully saturated rings. The summed E-state index contributed by atoms with van der Waals surface area (Å²) in [6.07, 6.45) is 4.46. The Kier molecular flexibility index (Phi) is 5.38. The minimum Gasteiger partial charge on any atom is -0.357 e. The van der Waals surface area contributed by atoms with Crippen LogP contribution in [-0.4, -0.2) is 49.2 Å². The monoisotopic (exact) mass is 276 g/mol. The third kappa shape index (κ3) is 4.18. The smallest absolute Gasteiger partial charge is 0.128 e. The Morgan fingerprint density at radius 2 is 2.00 bits per heavy atom. The first-order valence-corrected chi connectivity index (χ1v) is 7.66. The summed E-state index contributed by atoms with van der Waals surface area (Å²) in [5.74, 6) is 1.12. The van der Waals surface area contributed by atoms with Gasteiger partial charge in [0.2, 0.25) is 0 Å². The second-order valence-electron chi connectivity index (χ2n) is 6.24. The molecule has 0 aromatic carbocycles. The van der Waals surface area contributed by atoms with Crippen molar-refractivity contribution in [3.63, 3.8) is 0 Å². The molecule has 2 heterocycles. The molecule has 0 saturated carbocycles. The number of pyridine rings is 1. The summed E-state index contributed by atoms with van der Waals surface area (Å²) in [5.41, 5.74) is 1.26. The van der Waals surface area contributed by atoms with E-state index in [2.05, 4.69) is 60.2 Å². The summed E-state index contributed by atoms with van der Waals surface area (Å²) in [6.45, 7) is 7.44. The molecule has 1 N–H and O–H groups in total. The Hall–Kier alpha value is -1.13.